The van der Waals surface area contributed by atoms with Crippen molar-refractivity contribution in [1.82, 2.24) is 4.90 Å². The SMILES string of the molecule is CCCN(CC(N)=NO)C(=O)C1CCCCS1. The van der Waals surface area contributed by atoms with Crippen molar-refractivity contribution >= 4 is 23.5 Å². The Bertz CT molecular complexity index is 278. The highest BCUT2D eigenvalue weighted by Crippen LogP contribution is 2.26. The topological polar surface area (TPSA) is 78.9 Å². The van der Waals surface area contributed by atoms with Crippen molar-refractivity contribution in [3.63, 3.8) is 0 Å². The van der Waals surface area contributed by atoms with Gasteiger partial charge in [0.1, 0.15) is 0 Å². The standard InChI is InChI=1S/C11H21N3O2S/c1-2-6-14(8-10(12)13-16)11(15)9-5-3-4-7-17-9/h9,16H,2-8H2,1H3,(H2,12,13). The molecule has 1 fully saturated rings. The van der Waals surface area contributed by atoms with Gasteiger partial charge in [-0.1, -0.05) is 18.5 Å². The molecule has 1 aliphatic heterocycles. The summed E-state index contributed by atoms with van der Waals surface area (Å²) in [4.78, 5) is 13.9. The van der Waals surface area contributed by atoms with Gasteiger partial charge in [0.15, 0.2) is 5.84 Å². The zero-order chi connectivity index (χ0) is 12.7. The monoisotopic (exact) mass is 259 g/mol. The summed E-state index contributed by atoms with van der Waals surface area (Å²) in [6.45, 7) is 2.90. The van der Waals surface area contributed by atoms with E-state index in [1.165, 1.54) is 6.42 Å². The second-order valence-corrected chi connectivity index (χ2v) is 5.52. The third-order valence-electron chi connectivity index (χ3n) is 2.74. The van der Waals surface area contributed by atoms with Crippen LogP contribution < -0.4 is 5.73 Å². The Kier molecular flexibility index (Phi) is 6.18. The van der Waals surface area contributed by atoms with Crippen LogP contribution in [-0.2, 0) is 4.79 Å². The summed E-state index contributed by atoms with van der Waals surface area (Å²) in [7, 11) is 0. The molecule has 1 aliphatic rings. The third kappa shape index (κ3) is 4.46. The maximum absolute atomic E-state index is 12.3. The summed E-state index contributed by atoms with van der Waals surface area (Å²) in [6, 6.07) is 0. The molecule has 0 aromatic rings. The van der Waals surface area contributed by atoms with Gasteiger partial charge in [0.05, 0.1) is 11.8 Å². The summed E-state index contributed by atoms with van der Waals surface area (Å²) in [5.41, 5.74) is 5.47. The molecule has 1 saturated heterocycles. The van der Waals surface area contributed by atoms with Crippen molar-refractivity contribution in [2.45, 2.75) is 37.9 Å². The van der Waals surface area contributed by atoms with Crippen LogP contribution in [-0.4, -0.2) is 45.9 Å². The first-order valence-corrected chi connectivity index (χ1v) is 7.10. The minimum absolute atomic E-state index is 0.0572. The lowest BCUT2D eigenvalue weighted by molar-refractivity contribution is -0.130. The van der Waals surface area contributed by atoms with Gasteiger partial charge < -0.3 is 15.8 Å². The number of thioether (sulfide) groups is 1. The summed E-state index contributed by atoms with van der Waals surface area (Å²) in [6.07, 6.45) is 4.14. The molecule has 0 saturated carbocycles. The molecule has 1 unspecified atom stereocenters. The molecule has 5 nitrogen and oxygen atoms in total. The number of nitrogens with two attached hydrogens (primary N) is 1. The first-order valence-electron chi connectivity index (χ1n) is 6.05. The maximum Gasteiger partial charge on any atom is 0.236 e. The quantitative estimate of drug-likeness (QED) is 0.337. The van der Waals surface area contributed by atoms with Crippen LogP contribution in [0.2, 0.25) is 0 Å². The molecular formula is C11H21N3O2S. The molecule has 1 heterocycles. The van der Waals surface area contributed by atoms with Crippen molar-refractivity contribution in [3.8, 4) is 0 Å². The number of hydrogen-bond donors (Lipinski definition) is 2. The van der Waals surface area contributed by atoms with E-state index in [-0.39, 0.29) is 23.5 Å². The van der Waals surface area contributed by atoms with Gasteiger partial charge in [-0.15, -0.1) is 11.8 Å². The van der Waals surface area contributed by atoms with Crippen LogP contribution in [0.4, 0.5) is 0 Å². The number of amidine groups is 1. The number of carbonyl (C=O) groups is 1. The van der Waals surface area contributed by atoms with Crippen LogP contribution in [0.1, 0.15) is 32.6 Å². The van der Waals surface area contributed by atoms with Crippen LogP contribution in [0.5, 0.6) is 0 Å². The molecule has 0 aromatic heterocycles. The zero-order valence-corrected chi connectivity index (χ0v) is 11.1. The number of nitrogens with zero attached hydrogens (tertiary/aromatic N) is 2. The summed E-state index contributed by atoms with van der Waals surface area (Å²) >= 11 is 1.73. The molecular weight excluding hydrogens is 238 g/mol. The number of oxime groups is 1. The number of rotatable bonds is 5. The molecule has 3 N–H and O–H groups in total. The molecule has 1 amide bonds. The van der Waals surface area contributed by atoms with Gasteiger partial charge in [-0.25, -0.2) is 0 Å². The molecule has 1 rings (SSSR count). The Balaban J connectivity index is 2.58. The Morgan fingerprint density at radius 1 is 1.59 bits per heavy atom. The van der Waals surface area contributed by atoms with Gasteiger partial charge >= 0.3 is 0 Å². The highest BCUT2D eigenvalue weighted by molar-refractivity contribution is 8.00. The fraction of sp³-hybridized carbons (Fsp3) is 0.818. The van der Waals surface area contributed by atoms with Crippen molar-refractivity contribution < 1.29 is 10.0 Å². The van der Waals surface area contributed by atoms with Crippen LogP contribution in [0.3, 0.4) is 0 Å². The van der Waals surface area contributed by atoms with Crippen LogP contribution in [0.15, 0.2) is 5.16 Å². The van der Waals surface area contributed by atoms with E-state index in [1.807, 2.05) is 6.92 Å². The lowest BCUT2D eigenvalue weighted by Crippen LogP contribution is -2.43. The largest absolute Gasteiger partial charge is 0.409 e. The fourth-order valence-electron chi connectivity index (χ4n) is 1.90. The second-order valence-electron chi connectivity index (χ2n) is 4.21. The summed E-state index contributed by atoms with van der Waals surface area (Å²) < 4.78 is 0. The van der Waals surface area contributed by atoms with E-state index in [2.05, 4.69) is 5.16 Å². The van der Waals surface area contributed by atoms with Gasteiger partial charge in [-0.3, -0.25) is 4.79 Å². The van der Waals surface area contributed by atoms with Crippen molar-refractivity contribution in [2.75, 3.05) is 18.8 Å². The van der Waals surface area contributed by atoms with E-state index in [0.717, 1.165) is 25.0 Å². The Morgan fingerprint density at radius 2 is 2.35 bits per heavy atom. The lowest BCUT2D eigenvalue weighted by Gasteiger charge is -2.28. The van der Waals surface area contributed by atoms with E-state index in [1.54, 1.807) is 16.7 Å². The van der Waals surface area contributed by atoms with E-state index in [0.29, 0.717) is 6.54 Å². The Morgan fingerprint density at radius 3 is 2.88 bits per heavy atom. The van der Waals surface area contributed by atoms with Crippen molar-refractivity contribution in [1.29, 1.82) is 0 Å². The second kappa shape index (κ2) is 7.42. The minimum Gasteiger partial charge on any atom is -0.409 e. The molecule has 1 atom stereocenters. The van der Waals surface area contributed by atoms with E-state index >= 15 is 0 Å². The average molecular weight is 259 g/mol. The summed E-state index contributed by atoms with van der Waals surface area (Å²) in [5.74, 6) is 1.27. The predicted octanol–water partition coefficient (Wildman–Crippen LogP) is 1.26. The normalized spacial score (nSPS) is 21.2. The predicted molar refractivity (Wildman–Crippen MR) is 70.4 cm³/mol. The summed E-state index contributed by atoms with van der Waals surface area (Å²) in [5, 5.41) is 11.6. The van der Waals surface area contributed by atoms with Gasteiger partial charge in [-0.05, 0) is 25.0 Å². The molecule has 0 spiro atoms. The molecule has 0 aromatic carbocycles. The smallest absolute Gasteiger partial charge is 0.236 e. The number of hydrogen-bond acceptors (Lipinski definition) is 4. The molecule has 98 valence electrons. The minimum atomic E-state index is 0.0572. The number of amides is 1. The Labute approximate surface area is 106 Å². The molecule has 0 aliphatic carbocycles. The molecule has 0 radical (unpaired) electrons. The molecule has 17 heavy (non-hydrogen) atoms. The zero-order valence-electron chi connectivity index (χ0n) is 10.3. The molecule has 6 heteroatoms. The van der Waals surface area contributed by atoms with Gasteiger partial charge in [0.25, 0.3) is 0 Å². The highest BCUT2D eigenvalue weighted by atomic mass is 32.2. The Hall–Kier alpha value is -0.910. The van der Waals surface area contributed by atoms with E-state index in [9.17, 15) is 4.79 Å². The fourth-order valence-corrected chi connectivity index (χ4v) is 3.18. The van der Waals surface area contributed by atoms with Crippen LogP contribution >= 0.6 is 11.8 Å². The molecule has 0 bridgehead atoms. The van der Waals surface area contributed by atoms with Gasteiger partial charge in [-0.2, -0.15) is 0 Å². The van der Waals surface area contributed by atoms with Crippen molar-refractivity contribution in [3.05, 3.63) is 0 Å². The van der Waals surface area contributed by atoms with E-state index in [4.69, 9.17) is 10.9 Å². The first kappa shape index (κ1) is 14.2. The van der Waals surface area contributed by atoms with E-state index < -0.39 is 0 Å². The van der Waals surface area contributed by atoms with Crippen LogP contribution in [0, 0.1) is 0 Å². The van der Waals surface area contributed by atoms with Gasteiger partial charge in [0.2, 0.25) is 5.91 Å². The average Bonchev–Trinajstić information content (AvgIpc) is 2.38. The highest BCUT2D eigenvalue weighted by Gasteiger charge is 2.26. The van der Waals surface area contributed by atoms with Gasteiger partial charge in [0, 0.05) is 6.54 Å². The lowest BCUT2D eigenvalue weighted by atomic mass is 10.1. The van der Waals surface area contributed by atoms with Crippen LogP contribution in [0.25, 0.3) is 0 Å². The van der Waals surface area contributed by atoms with Crippen molar-refractivity contribution in [2.24, 2.45) is 10.9 Å². The third-order valence-corrected chi connectivity index (χ3v) is 4.11. The first-order chi connectivity index (χ1) is 8.19. The maximum atomic E-state index is 12.3. The number of carbonyl (C=O) groups excluding carboxylic acids is 1.